The quantitative estimate of drug-likeness (QED) is 0.734. The third kappa shape index (κ3) is 3.53. The Balaban J connectivity index is 1.46. The van der Waals surface area contributed by atoms with Crippen LogP contribution in [0.5, 0.6) is 5.75 Å². The molecule has 1 fully saturated rings. The number of quaternary nitrogens is 1. The van der Waals surface area contributed by atoms with E-state index in [1.54, 1.807) is 7.11 Å². The number of hydrogen-bond acceptors (Lipinski definition) is 4. The van der Waals surface area contributed by atoms with Crippen LogP contribution in [0, 0.1) is 0 Å². The average Bonchev–Trinajstić information content (AvgIpc) is 2.73. The fourth-order valence-electron chi connectivity index (χ4n) is 3.78. The highest BCUT2D eigenvalue weighted by atomic mass is 16.5. The third-order valence-corrected chi connectivity index (χ3v) is 5.50. The maximum atomic E-state index is 12.4. The lowest BCUT2D eigenvalue weighted by molar-refractivity contribution is -0.930. The number of ether oxygens (including phenoxy) is 1. The summed E-state index contributed by atoms with van der Waals surface area (Å²) < 4.78 is 5.24. The maximum Gasteiger partial charge on any atom is 0.258 e. The Kier molecular flexibility index (Phi) is 4.81. The Bertz CT molecular complexity index is 975. The van der Waals surface area contributed by atoms with Crippen LogP contribution in [0.1, 0.15) is 18.8 Å². The molecule has 3 aromatic rings. The lowest BCUT2D eigenvalue weighted by atomic mass is 10.1. The number of aromatic amines is 1. The smallest absolute Gasteiger partial charge is 0.258 e. The summed E-state index contributed by atoms with van der Waals surface area (Å²) in [7, 11) is 1.68. The van der Waals surface area contributed by atoms with Gasteiger partial charge in [0.2, 0.25) is 0 Å². The van der Waals surface area contributed by atoms with Gasteiger partial charge in [0.15, 0.2) is 5.82 Å². The van der Waals surface area contributed by atoms with Crippen molar-refractivity contribution in [2.24, 2.45) is 0 Å². The second kappa shape index (κ2) is 7.40. The molecule has 27 heavy (non-hydrogen) atoms. The standard InChI is InChI=1S/C21H24N4O2/c1-15(20-22-19-6-4-3-5-18(19)21(26)23-20)24-11-13-25(14-12-24)16-7-9-17(27-2)10-8-16/h3-10,15H,11-14H2,1-2H3,(H,22,23,26)/p+1/t15-/m0/s1. The minimum atomic E-state index is -0.0567. The molecular weight excluding hydrogens is 340 g/mol. The molecule has 1 saturated heterocycles. The average molecular weight is 365 g/mol. The summed E-state index contributed by atoms with van der Waals surface area (Å²) in [6, 6.07) is 15.9. The molecule has 6 heteroatoms. The van der Waals surface area contributed by atoms with Gasteiger partial charge in [-0.2, -0.15) is 0 Å². The lowest BCUT2D eigenvalue weighted by Gasteiger charge is -2.36. The summed E-state index contributed by atoms with van der Waals surface area (Å²) in [6.45, 7) is 6.10. The van der Waals surface area contributed by atoms with Crippen LogP contribution in [-0.2, 0) is 0 Å². The first-order valence-corrected chi connectivity index (χ1v) is 9.38. The molecule has 2 N–H and O–H groups in total. The van der Waals surface area contributed by atoms with Crippen molar-refractivity contribution in [3.05, 3.63) is 64.7 Å². The predicted molar refractivity (Wildman–Crippen MR) is 107 cm³/mol. The molecule has 4 rings (SSSR count). The lowest BCUT2D eigenvalue weighted by Crippen LogP contribution is -3.14. The first-order valence-electron chi connectivity index (χ1n) is 9.38. The van der Waals surface area contributed by atoms with Crippen LogP contribution >= 0.6 is 0 Å². The number of aromatic nitrogens is 2. The fourth-order valence-corrected chi connectivity index (χ4v) is 3.78. The highest BCUT2D eigenvalue weighted by Crippen LogP contribution is 2.19. The number of hydrogen-bond donors (Lipinski definition) is 2. The van der Waals surface area contributed by atoms with Crippen molar-refractivity contribution >= 4 is 16.6 Å². The van der Waals surface area contributed by atoms with E-state index < -0.39 is 0 Å². The maximum absolute atomic E-state index is 12.4. The minimum absolute atomic E-state index is 0.0567. The van der Waals surface area contributed by atoms with Crippen LogP contribution in [-0.4, -0.2) is 43.3 Å². The molecule has 1 atom stereocenters. The van der Waals surface area contributed by atoms with Crippen molar-refractivity contribution in [1.29, 1.82) is 0 Å². The predicted octanol–water partition coefficient (Wildman–Crippen LogP) is 1.40. The van der Waals surface area contributed by atoms with E-state index in [0.717, 1.165) is 43.3 Å². The van der Waals surface area contributed by atoms with Crippen LogP contribution in [0.2, 0.25) is 0 Å². The van der Waals surface area contributed by atoms with Gasteiger partial charge in [-0.15, -0.1) is 0 Å². The Morgan fingerprint density at radius 1 is 1.11 bits per heavy atom. The van der Waals surface area contributed by atoms with Gasteiger partial charge in [-0.1, -0.05) is 12.1 Å². The largest absolute Gasteiger partial charge is 0.497 e. The Morgan fingerprint density at radius 2 is 1.81 bits per heavy atom. The van der Waals surface area contributed by atoms with E-state index in [2.05, 4.69) is 28.9 Å². The molecule has 6 nitrogen and oxygen atoms in total. The molecule has 0 radical (unpaired) electrons. The fraction of sp³-hybridized carbons (Fsp3) is 0.333. The van der Waals surface area contributed by atoms with Gasteiger partial charge in [0.1, 0.15) is 11.8 Å². The van der Waals surface area contributed by atoms with E-state index in [4.69, 9.17) is 9.72 Å². The molecule has 0 spiro atoms. The molecule has 1 aliphatic heterocycles. The highest BCUT2D eigenvalue weighted by molar-refractivity contribution is 5.77. The molecule has 1 aromatic heterocycles. The zero-order chi connectivity index (χ0) is 18.8. The van der Waals surface area contributed by atoms with Crippen molar-refractivity contribution in [2.45, 2.75) is 13.0 Å². The van der Waals surface area contributed by atoms with Gasteiger partial charge >= 0.3 is 0 Å². The zero-order valence-corrected chi connectivity index (χ0v) is 15.7. The number of para-hydroxylation sites is 1. The normalized spacial score (nSPS) is 16.4. The molecule has 0 amide bonds. The van der Waals surface area contributed by atoms with Gasteiger partial charge < -0.3 is 19.5 Å². The second-order valence-corrected chi connectivity index (χ2v) is 7.03. The van der Waals surface area contributed by atoms with Gasteiger partial charge in [-0.3, -0.25) is 4.79 Å². The number of fused-ring (bicyclic) bond motifs is 1. The highest BCUT2D eigenvalue weighted by Gasteiger charge is 2.27. The van der Waals surface area contributed by atoms with Crippen molar-refractivity contribution in [3.63, 3.8) is 0 Å². The summed E-state index contributed by atoms with van der Waals surface area (Å²) in [5.74, 6) is 1.65. The minimum Gasteiger partial charge on any atom is -0.497 e. The van der Waals surface area contributed by atoms with Crippen LogP contribution in [0.3, 0.4) is 0 Å². The number of rotatable bonds is 4. The SMILES string of the molecule is COc1ccc(N2CC[NH+]([C@@H](C)c3nc4ccccc4c(=O)[nH]3)CC2)cc1. The first-order chi connectivity index (χ1) is 13.2. The third-order valence-electron chi connectivity index (χ3n) is 5.50. The molecule has 0 bridgehead atoms. The van der Waals surface area contributed by atoms with Crippen molar-refractivity contribution in [3.8, 4) is 5.75 Å². The van der Waals surface area contributed by atoms with E-state index in [1.165, 1.54) is 10.6 Å². The number of methoxy groups -OCH3 is 1. The Hall–Kier alpha value is -2.86. The molecule has 140 valence electrons. The molecule has 2 heterocycles. The van der Waals surface area contributed by atoms with Crippen LogP contribution in [0.25, 0.3) is 10.9 Å². The Morgan fingerprint density at radius 3 is 2.52 bits per heavy atom. The van der Waals surface area contributed by atoms with Crippen LogP contribution in [0.4, 0.5) is 5.69 Å². The number of piperazine rings is 1. The molecule has 0 aliphatic carbocycles. The molecule has 1 aliphatic rings. The van der Waals surface area contributed by atoms with Gasteiger partial charge in [-0.25, -0.2) is 4.98 Å². The van der Waals surface area contributed by atoms with Gasteiger partial charge in [0, 0.05) is 5.69 Å². The molecular formula is C21H25N4O2+. The zero-order valence-electron chi connectivity index (χ0n) is 15.7. The second-order valence-electron chi connectivity index (χ2n) is 7.03. The number of benzene rings is 2. The Labute approximate surface area is 158 Å². The summed E-state index contributed by atoms with van der Waals surface area (Å²) in [4.78, 5) is 23.9. The molecule has 0 unspecified atom stereocenters. The number of H-pyrrole nitrogens is 1. The van der Waals surface area contributed by atoms with E-state index in [-0.39, 0.29) is 11.6 Å². The van der Waals surface area contributed by atoms with Crippen molar-refractivity contribution in [2.75, 3.05) is 38.2 Å². The van der Waals surface area contributed by atoms with E-state index >= 15 is 0 Å². The van der Waals surface area contributed by atoms with Gasteiger partial charge in [-0.05, 0) is 43.3 Å². The summed E-state index contributed by atoms with van der Waals surface area (Å²) >= 11 is 0. The molecule has 2 aromatic carbocycles. The number of nitrogens with zero attached hydrogens (tertiary/aromatic N) is 2. The topological polar surface area (TPSA) is 62.7 Å². The first kappa shape index (κ1) is 17.5. The summed E-state index contributed by atoms with van der Waals surface area (Å²) in [5.41, 5.74) is 1.93. The van der Waals surface area contributed by atoms with Crippen molar-refractivity contribution < 1.29 is 9.64 Å². The monoisotopic (exact) mass is 365 g/mol. The number of nitrogens with one attached hydrogen (secondary N) is 2. The van der Waals surface area contributed by atoms with Crippen LogP contribution < -0.4 is 20.1 Å². The number of anilines is 1. The summed E-state index contributed by atoms with van der Waals surface area (Å²) in [6.07, 6.45) is 0. The van der Waals surface area contributed by atoms with E-state index in [9.17, 15) is 4.79 Å². The van der Waals surface area contributed by atoms with Crippen LogP contribution in [0.15, 0.2) is 53.3 Å². The molecule has 0 saturated carbocycles. The van der Waals surface area contributed by atoms with Crippen molar-refractivity contribution in [1.82, 2.24) is 9.97 Å². The van der Waals surface area contributed by atoms with Gasteiger partial charge in [0.25, 0.3) is 5.56 Å². The summed E-state index contributed by atoms with van der Waals surface area (Å²) in [5, 5.41) is 0.646. The van der Waals surface area contributed by atoms with E-state index in [1.807, 2.05) is 36.4 Å². The van der Waals surface area contributed by atoms with E-state index in [0.29, 0.717) is 5.39 Å². The van der Waals surface area contributed by atoms with Gasteiger partial charge in [0.05, 0.1) is 44.2 Å².